The Kier molecular flexibility index (Phi) is 21.4. The molecule has 0 aromatic heterocycles. The molecule has 0 bridgehead atoms. The van der Waals surface area contributed by atoms with Crippen molar-refractivity contribution in [3.8, 4) is 0 Å². The van der Waals surface area contributed by atoms with E-state index in [1.807, 2.05) is 0 Å². The molecule has 0 aliphatic rings. The lowest BCUT2D eigenvalue weighted by Crippen LogP contribution is -2.07. The van der Waals surface area contributed by atoms with Gasteiger partial charge in [0.1, 0.15) is 0 Å². The number of carbonyl (C=O) groups excluding carboxylic acids is 2. The van der Waals surface area contributed by atoms with Gasteiger partial charge in [0, 0.05) is 12.8 Å². The van der Waals surface area contributed by atoms with Gasteiger partial charge in [-0.05, 0) is 26.2 Å². The molecule has 0 N–H and O–H groups in total. The Hall–Kier alpha value is -1.06. The van der Waals surface area contributed by atoms with Crippen molar-refractivity contribution in [2.45, 2.75) is 129 Å². The van der Waals surface area contributed by atoms with E-state index in [2.05, 4.69) is 6.92 Å². The van der Waals surface area contributed by atoms with Crippen molar-refractivity contribution in [3.63, 3.8) is 0 Å². The van der Waals surface area contributed by atoms with Crippen molar-refractivity contribution >= 4 is 11.9 Å². The van der Waals surface area contributed by atoms with E-state index < -0.39 is 0 Å². The van der Waals surface area contributed by atoms with Gasteiger partial charge in [0.15, 0.2) is 0 Å². The Morgan fingerprint density at radius 3 is 1.32 bits per heavy atom. The van der Waals surface area contributed by atoms with Gasteiger partial charge in [0.2, 0.25) is 0 Å². The SMILES string of the molecule is CCCCCCCCCCCCCCCCOC(=O)CCCCC(=O)OCC. The predicted molar refractivity (Wildman–Crippen MR) is 116 cm³/mol. The summed E-state index contributed by atoms with van der Waals surface area (Å²) in [7, 11) is 0. The van der Waals surface area contributed by atoms with Crippen LogP contribution >= 0.6 is 0 Å². The summed E-state index contributed by atoms with van der Waals surface area (Å²) in [5.74, 6) is -0.322. The van der Waals surface area contributed by atoms with Crippen LogP contribution in [0.4, 0.5) is 0 Å². The molecule has 0 fully saturated rings. The maximum atomic E-state index is 11.6. The fraction of sp³-hybridized carbons (Fsp3) is 0.917. The van der Waals surface area contributed by atoms with Crippen LogP contribution in [0.25, 0.3) is 0 Å². The zero-order valence-electron chi connectivity index (χ0n) is 18.8. The maximum absolute atomic E-state index is 11.6. The summed E-state index contributed by atoms with van der Waals surface area (Å²) in [5.41, 5.74) is 0. The lowest BCUT2D eigenvalue weighted by Gasteiger charge is -2.05. The molecule has 0 aromatic rings. The van der Waals surface area contributed by atoms with Crippen LogP contribution < -0.4 is 0 Å². The standard InChI is InChI=1S/C24H46O4/c1-3-5-6-7-8-9-10-11-12-13-14-15-16-19-22-28-24(26)21-18-17-20-23(25)27-4-2/h3-22H2,1-2H3. The minimum Gasteiger partial charge on any atom is -0.466 e. The quantitative estimate of drug-likeness (QED) is 0.152. The molecule has 0 aliphatic carbocycles. The van der Waals surface area contributed by atoms with Gasteiger partial charge in [-0.2, -0.15) is 0 Å². The highest BCUT2D eigenvalue weighted by atomic mass is 16.5. The smallest absolute Gasteiger partial charge is 0.305 e. The normalized spacial score (nSPS) is 10.8. The van der Waals surface area contributed by atoms with Gasteiger partial charge in [0.25, 0.3) is 0 Å². The zero-order valence-corrected chi connectivity index (χ0v) is 18.8. The highest BCUT2D eigenvalue weighted by Gasteiger charge is 2.05. The minimum absolute atomic E-state index is 0.140. The van der Waals surface area contributed by atoms with Crippen molar-refractivity contribution in [1.29, 1.82) is 0 Å². The first kappa shape index (κ1) is 26.9. The molecule has 28 heavy (non-hydrogen) atoms. The molecule has 4 nitrogen and oxygen atoms in total. The molecule has 0 aromatic carbocycles. The van der Waals surface area contributed by atoms with Gasteiger partial charge in [-0.3, -0.25) is 9.59 Å². The van der Waals surface area contributed by atoms with Gasteiger partial charge in [-0.15, -0.1) is 0 Å². The van der Waals surface area contributed by atoms with Crippen LogP contribution in [0.15, 0.2) is 0 Å². The maximum Gasteiger partial charge on any atom is 0.305 e. The van der Waals surface area contributed by atoms with Crippen LogP contribution in [0, 0.1) is 0 Å². The molecular formula is C24H46O4. The molecule has 0 saturated carbocycles. The second-order valence-corrected chi connectivity index (χ2v) is 7.83. The second-order valence-electron chi connectivity index (χ2n) is 7.83. The molecule has 0 amide bonds. The van der Waals surface area contributed by atoms with E-state index in [0.717, 1.165) is 12.8 Å². The molecule has 0 atom stereocenters. The van der Waals surface area contributed by atoms with E-state index in [-0.39, 0.29) is 11.9 Å². The molecule has 166 valence electrons. The van der Waals surface area contributed by atoms with Gasteiger partial charge >= 0.3 is 11.9 Å². The number of rotatable bonds is 21. The summed E-state index contributed by atoms with van der Waals surface area (Å²) in [6.07, 6.45) is 20.7. The lowest BCUT2D eigenvalue weighted by molar-refractivity contribution is -0.145. The molecule has 0 heterocycles. The fourth-order valence-corrected chi connectivity index (χ4v) is 3.33. The number of hydrogen-bond donors (Lipinski definition) is 0. The van der Waals surface area contributed by atoms with Crippen LogP contribution in [0.3, 0.4) is 0 Å². The van der Waals surface area contributed by atoms with Gasteiger partial charge in [0.05, 0.1) is 13.2 Å². The Labute approximate surface area is 174 Å². The number of unbranched alkanes of at least 4 members (excludes halogenated alkanes) is 14. The van der Waals surface area contributed by atoms with Crippen molar-refractivity contribution in [2.75, 3.05) is 13.2 Å². The summed E-state index contributed by atoms with van der Waals surface area (Å²) < 4.78 is 10.1. The molecule has 0 unspecified atom stereocenters. The largest absolute Gasteiger partial charge is 0.466 e. The minimum atomic E-state index is -0.182. The number of esters is 2. The third-order valence-corrected chi connectivity index (χ3v) is 5.08. The van der Waals surface area contributed by atoms with Crippen LogP contribution in [0.5, 0.6) is 0 Å². The first-order valence-electron chi connectivity index (χ1n) is 12.0. The first-order valence-corrected chi connectivity index (χ1v) is 12.0. The number of carbonyl (C=O) groups is 2. The lowest BCUT2D eigenvalue weighted by atomic mass is 10.0. The summed E-state index contributed by atoms with van der Waals surface area (Å²) >= 11 is 0. The van der Waals surface area contributed by atoms with Crippen LogP contribution in [0.1, 0.15) is 129 Å². The third kappa shape index (κ3) is 21.2. The monoisotopic (exact) mass is 398 g/mol. The molecule has 0 radical (unpaired) electrons. The van der Waals surface area contributed by atoms with E-state index in [9.17, 15) is 9.59 Å². The first-order chi connectivity index (χ1) is 13.7. The van der Waals surface area contributed by atoms with Crippen molar-refractivity contribution in [3.05, 3.63) is 0 Å². The fourth-order valence-electron chi connectivity index (χ4n) is 3.33. The van der Waals surface area contributed by atoms with Gasteiger partial charge < -0.3 is 9.47 Å². The van der Waals surface area contributed by atoms with Crippen LogP contribution in [-0.2, 0) is 19.1 Å². The van der Waals surface area contributed by atoms with Gasteiger partial charge in [-0.25, -0.2) is 0 Å². The van der Waals surface area contributed by atoms with E-state index in [0.29, 0.717) is 38.9 Å². The Balaban J connectivity index is 3.18. The van der Waals surface area contributed by atoms with E-state index >= 15 is 0 Å². The highest BCUT2D eigenvalue weighted by Crippen LogP contribution is 2.13. The van der Waals surface area contributed by atoms with Crippen molar-refractivity contribution < 1.29 is 19.1 Å². The summed E-state index contributed by atoms with van der Waals surface area (Å²) in [4.78, 5) is 22.8. The average molecular weight is 399 g/mol. The van der Waals surface area contributed by atoms with E-state index in [4.69, 9.17) is 9.47 Å². The number of ether oxygens (including phenoxy) is 2. The molecule has 0 spiro atoms. The Morgan fingerprint density at radius 1 is 0.500 bits per heavy atom. The molecular weight excluding hydrogens is 352 g/mol. The van der Waals surface area contributed by atoms with Crippen LogP contribution in [-0.4, -0.2) is 25.2 Å². The third-order valence-electron chi connectivity index (χ3n) is 5.08. The Bertz CT molecular complexity index is 355. The molecule has 0 aliphatic heterocycles. The molecule has 0 rings (SSSR count). The number of hydrogen-bond acceptors (Lipinski definition) is 4. The summed E-state index contributed by atoms with van der Waals surface area (Å²) in [6.45, 7) is 5.02. The second kappa shape index (κ2) is 22.2. The summed E-state index contributed by atoms with van der Waals surface area (Å²) in [5, 5.41) is 0. The summed E-state index contributed by atoms with van der Waals surface area (Å²) in [6, 6.07) is 0. The average Bonchev–Trinajstić information content (AvgIpc) is 2.68. The van der Waals surface area contributed by atoms with E-state index in [1.54, 1.807) is 6.92 Å². The molecule has 0 saturated heterocycles. The van der Waals surface area contributed by atoms with Crippen molar-refractivity contribution in [1.82, 2.24) is 0 Å². The zero-order chi connectivity index (χ0) is 20.7. The highest BCUT2D eigenvalue weighted by molar-refractivity contribution is 5.70. The van der Waals surface area contributed by atoms with Crippen molar-refractivity contribution in [2.24, 2.45) is 0 Å². The predicted octanol–water partition coefficient (Wildman–Crippen LogP) is 7.13. The molecule has 4 heteroatoms. The van der Waals surface area contributed by atoms with Gasteiger partial charge in [-0.1, -0.05) is 90.4 Å². The van der Waals surface area contributed by atoms with E-state index in [1.165, 1.54) is 77.0 Å². The van der Waals surface area contributed by atoms with Crippen LogP contribution in [0.2, 0.25) is 0 Å². The topological polar surface area (TPSA) is 52.6 Å². The Morgan fingerprint density at radius 2 is 0.893 bits per heavy atom.